The van der Waals surface area contributed by atoms with Crippen LogP contribution in [-0.4, -0.2) is 9.97 Å². The number of hydrogen-bond acceptors (Lipinski definition) is 3. The Kier molecular flexibility index (Phi) is 3.22. The van der Waals surface area contributed by atoms with E-state index >= 15 is 0 Å². The highest BCUT2D eigenvalue weighted by molar-refractivity contribution is 6.37. The number of hydrogen-bond donors (Lipinski definition) is 1. The molecule has 0 saturated carbocycles. The van der Waals surface area contributed by atoms with E-state index in [4.69, 9.17) is 28.9 Å². The first kappa shape index (κ1) is 11.5. The molecule has 0 atom stereocenters. The van der Waals surface area contributed by atoms with Gasteiger partial charge < -0.3 is 5.73 Å². The molecule has 14 heavy (non-hydrogen) atoms. The van der Waals surface area contributed by atoms with E-state index in [1.54, 1.807) is 0 Å². The molecule has 0 aliphatic heterocycles. The minimum Gasteiger partial charge on any atom is -0.394 e. The maximum Gasteiger partial charge on any atom is 0.157 e. The molecule has 0 fully saturated rings. The summed E-state index contributed by atoms with van der Waals surface area (Å²) in [5.74, 6) is 0.627. The summed E-state index contributed by atoms with van der Waals surface area (Å²) in [4.78, 5) is 8.13. The molecule has 0 unspecified atom stereocenters. The highest BCUT2D eigenvalue weighted by Gasteiger charge is 2.16. The second kappa shape index (κ2) is 3.91. The van der Waals surface area contributed by atoms with Crippen LogP contribution in [0.15, 0.2) is 0 Å². The average Bonchev–Trinajstić information content (AvgIpc) is 1.96. The summed E-state index contributed by atoms with van der Waals surface area (Å²) < 4.78 is 0. The van der Waals surface area contributed by atoms with Gasteiger partial charge in [0.15, 0.2) is 10.3 Å². The SMILES string of the molecule is CC(C)(C)Cc1nc(Cl)c(N)c(Cl)n1. The molecule has 0 bridgehead atoms. The number of nitrogens with two attached hydrogens (primary N) is 1. The highest BCUT2D eigenvalue weighted by atomic mass is 35.5. The van der Waals surface area contributed by atoms with Crippen molar-refractivity contribution >= 4 is 28.9 Å². The first-order chi connectivity index (χ1) is 6.29. The van der Waals surface area contributed by atoms with Gasteiger partial charge in [0.25, 0.3) is 0 Å². The number of anilines is 1. The summed E-state index contributed by atoms with van der Waals surface area (Å²) >= 11 is 11.6. The number of nitrogens with zero attached hydrogens (tertiary/aromatic N) is 2. The van der Waals surface area contributed by atoms with E-state index in [1.165, 1.54) is 0 Å². The summed E-state index contributed by atoms with van der Waals surface area (Å²) in [7, 11) is 0. The van der Waals surface area contributed by atoms with Crippen molar-refractivity contribution < 1.29 is 0 Å². The van der Waals surface area contributed by atoms with Gasteiger partial charge in [-0.15, -0.1) is 0 Å². The van der Waals surface area contributed by atoms with Crippen LogP contribution in [0.3, 0.4) is 0 Å². The first-order valence-corrected chi connectivity index (χ1v) is 5.02. The lowest BCUT2D eigenvalue weighted by Gasteiger charge is -2.17. The zero-order chi connectivity index (χ0) is 10.9. The summed E-state index contributed by atoms with van der Waals surface area (Å²) in [6, 6.07) is 0. The second-order valence-corrected chi connectivity index (χ2v) is 5.09. The number of aromatic nitrogens is 2. The predicted octanol–water partition coefficient (Wildman–Crippen LogP) is 2.95. The van der Waals surface area contributed by atoms with Crippen molar-refractivity contribution in [2.75, 3.05) is 5.73 Å². The van der Waals surface area contributed by atoms with Gasteiger partial charge in [-0.25, -0.2) is 9.97 Å². The van der Waals surface area contributed by atoms with E-state index in [0.29, 0.717) is 12.2 Å². The molecule has 0 spiro atoms. The van der Waals surface area contributed by atoms with Gasteiger partial charge >= 0.3 is 0 Å². The van der Waals surface area contributed by atoms with Gasteiger partial charge in [0.1, 0.15) is 11.5 Å². The van der Waals surface area contributed by atoms with E-state index in [9.17, 15) is 0 Å². The smallest absolute Gasteiger partial charge is 0.157 e. The maximum absolute atomic E-state index is 5.79. The molecule has 1 heterocycles. The Morgan fingerprint density at radius 2 is 1.57 bits per heavy atom. The third-order valence-electron chi connectivity index (χ3n) is 1.59. The average molecular weight is 234 g/mol. The second-order valence-electron chi connectivity index (χ2n) is 4.37. The lowest BCUT2D eigenvalue weighted by atomic mass is 9.92. The van der Waals surface area contributed by atoms with Crippen molar-refractivity contribution in [2.24, 2.45) is 5.41 Å². The molecular formula is C9H13Cl2N3. The molecule has 0 aliphatic rings. The number of halogens is 2. The Balaban J connectivity index is 3.02. The fraction of sp³-hybridized carbons (Fsp3) is 0.556. The van der Waals surface area contributed by atoms with Gasteiger partial charge in [0.05, 0.1) is 0 Å². The monoisotopic (exact) mass is 233 g/mol. The van der Waals surface area contributed by atoms with Gasteiger partial charge in [-0.3, -0.25) is 0 Å². The minimum absolute atomic E-state index is 0.1000. The fourth-order valence-electron chi connectivity index (χ4n) is 1.01. The Morgan fingerprint density at radius 3 is 1.93 bits per heavy atom. The third-order valence-corrected chi connectivity index (χ3v) is 2.16. The topological polar surface area (TPSA) is 51.8 Å². The van der Waals surface area contributed by atoms with Crippen molar-refractivity contribution in [2.45, 2.75) is 27.2 Å². The molecular weight excluding hydrogens is 221 g/mol. The van der Waals surface area contributed by atoms with Crippen LogP contribution in [-0.2, 0) is 6.42 Å². The normalized spacial score (nSPS) is 11.8. The molecule has 0 radical (unpaired) electrons. The molecule has 0 amide bonds. The Morgan fingerprint density at radius 1 is 1.14 bits per heavy atom. The zero-order valence-corrected chi connectivity index (χ0v) is 9.95. The van der Waals surface area contributed by atoms with Crippen LogP contribution in [0, 0.1) is 5.41 Å². The summed E-state index contributed by atoms with van der Waals surface area (Å²) in [6.07, 6.45) is 0.715. The summed E-state index contributed by atoms with van der Waals surface area (Å²) in [6.45, 7) is 6.28. The largest absolute Gasteiger partial charge is 0.394 e. The molecule has 3 nitrogen and oxygen atoms in total. The van der Waals surface area contributed by atoms with E-state index in [2.05, 4.69) is 30.7 Å². The Hall–Kier alpha value is -0.540. The van der Waals surface area contributed by atoms with Gasteiger partial charge in [-0.05, 0) is 5.41 Å². The van der Waals surface area contributed by atoms with Crippen molar-refractivity contribution in [3.63, 3.8) is 0 Å². The number of nitrogen functional groups attached to an aromatic ring is 1. The molecule has 78 valence electrons. The molecule has 1 aromatic heterocycles. The molecule has 1 rings (SSSR count). The van der Waals surface area contributed by atoms with Crippen molar-refractivity contribution in [1.29, 1.82) is 0 Å². The van der Waals surface area contributed by atoms with Crippen LogP contribution in [0.25, 0.3) is 0 Å². The van der Waals surface area contributed by atoms with Crippen molar-refractivity contribution in [1.82, 2.24) is 9.97 Å². The quantitative estimate of drug-likeness (QED) is 0.760. The van der Waals surface area contributed by atoms with Crippen LogP contribution >= 0.6 is 23.2 Å². The van der Waals surface area contributed by atoms with Crippen LogP contribution in [0.2, 0.25) is 10.3 Å². The molecule has 0 saturated heterocycles. The Labute approximate surface area is 93.6 Å². The lowest BCUT2D eigenvalue weighted by Crippen LogP contribution is -2.12. The van der Waals surface area contributed by atoms with E-state index in [0.717, 1.165) is 0 Å². The third kappa shape index (κ3) is 3.00. The van der Waals surface area contributed by atoms with Crippen LogP contribution in [0.4, 0.5) is 5.69 Å². The molecule has 2 N–H and O–H groups in total. The van der Waals surface area contributed by atoms with Gasteiger partial charge in [-0.2, -0.15) is 0 Å². The standard InChI is InChI=1S/C9H13Cl2N3/c1-9(2,3)4-5-13-7(10)6(12)8(11)14-5/h4,12H2,1-3H3. The molecule has 5 heteroatoms. The van der Waals surface area contributed by atoms with Gasteiger partial charge in [0, 0.05) is 6.42 Å². The van der Waals surface area contributed by atoms with Crippen LogP contribution in [0.1, 0.15) is 26.6 Å². The van der Waals surface area contributed by atoms with Crippen molar-refractivity contribution in [3.8, 4) is 0 Å². The summed E-state index contributed by atoms with van der Waals surface area (Å²) in [5.41, 5.74) is 5.87. The van der Waals surface area contributed by atoms with E-state index < -0.39 is 0 Å². The predicted molar refractivity (Wildman–Crippen MR) is 59.6 cm³/mol. The van der Waals surface area contributed by atoms with Crippen LogP contribution in [0.5, 0.6) is 0 Å². The van der Waals surface area contributed by atoms with E-state index in [-0.39, 0.29) is 21.4 Å². The number of rotatable bonds is 1. The van der Waals surface area contributed by atoms with E-state index in [1.807, 2.05) is 0 Å². The minimum atomic E-state index is 0.1000. The molecule has 0 aliphatic carbocycles. The van der Waals surface area contributed by atoms with Crippen LogP contribution < -0.4 is 5.73 Å². The molecule has 1 aromatic rings. The van der Waals surface area contributed by atoms with Crippen molar-refractivity contribution in [3.05, 3.63) is 16.1 Å². The lowest BCUT2D eigenvalue weighted by molar-refractivity contribution is 0.400. The highest BCUT2D eigenvalue weighted by Crippen LogP contribution is 2.26. The fourth-order valence-corrected chi connectivity index (χ4v) is 1.43. The summed E-state index contributed by atoms with van der Waals surface area (Å²) in [5, 5.41) is 0.452. The van der Waals surface area contributed by atoms with Gasteiger partial charge in [0.2, 0.25) is 0 Å². The van der Waals surface area contributed by atoms with Gasteiger partial charge in [-0.1, -0.05) is 44.0 Å². The molecule has 0 aromatic carbocycles. The first-order valence-electron chi connectivity index (χ1n) is 4.27. The maximum atomic E-state index is 5.79. The Bertz CT molecular complexity index is 321. The zero-order valence-electron chi connectivity index (χ0n) is 8.43.